The molecule has 0 saturated carbocycles. The molecule has 0 aliphatic heterocycles. The van der Waals surface area contributed by atoms with E-state index in [2.05, 4.69) is 36.3 Å². The highest BCUT2D eigenvalue weighted by molar-refractivity contribution is 5.69. The molecule has 0 radical (unpaired) electrons. The Balaban J connectivity index is 2.52. The third-order valence-corrected chi connectivity index (χ3v) is 3.15. The Kier molecular flexibility index (Phi) is 3.79. The molecule has 1 heterocycles. The number of aryl methyl sites for hydroxylation is 1. The third kappa shape index (κ3) is 2.57. The number of rotatable bonds is 4. The van der Waals surface area contributed by atoms with Crippen LogP contribution in [0.4, 0.5) is 6.01 Å². The quantitative estimate of drug-likeness (QED) is 0.907. The SMILES string of the molecule is CNc1nc(C)c(-c2ccc(C(C)C)cc2OC)o1. The van der Waals surface area contributed by atoms with Crippen molar-refractivity contribution in [3.05, 3.63) is 29.5 Å². The first kappa shape index (κ1) is 13.5. The Morgan fingerprint density at radius 1 is 1.32 bits per heavy atom. The number of nitrogens with one attached hydrogen (secondary N) is 1. The summed E-state index contributed by atoms with van der Waals surface area (Å²) in [5, 5.41) is 2.91. The largest absolute Gasteiger partial charge is 0.496 e. The van der Waals surface area contributed by atoms with Crippen LogP contribution in [0.2, 0.25) is 0 Å². The van der Waals surface area contributed by atoms with Crippen LogP contribution in [-0.4, -0.2) is 19.1 Å². The highest BCUT2D eigenvalue weighted by Crippen LogP contribution is 2.35. The average molecular weight is 260 g/mol. The zero-order valence-electron chi connectivity index (χ0n) is 12.1. The fraction of sp³-hybridized carbons (Fsp3) is 0.400. The van der Waals surface area contributed by atoms with E-state index in [9.17, 15) is 0 Å². The predicted molar refractivity (Wildman–Crippen MR) is 76.9 cm³/mol. The van der Waals surface area contributed by atoms with Crippen molar-refractivity contribution in [1.29, 1.82) is 0 Å². The molecule has 1 aromatic carbocycles. The van der Waals surface area contributed by atoms with Gasteiger partial charge in [0.2, 0.25) is 0 Å². The lowest BCUT2D eigenvalue weighted by atomic mass is 10.00. The van der Waals surface area contributed by atoms with Crippen molar-refractivity contribution >= 4 is 6.01 Å². The number of aromatic nitrogens is 1. The van der Waals surface area contributed by atoms with E-state index in [4.69, 9.17) is 9.15 Å². The van der Waals surface area contributed by atoms with Crippen LogP contribution in [0.5, 0.6) is 5.75 Å². The number of methoxy groups -OCH3 is 1. The second-order valence-electron chi connectivity index (χ2n) is 4.80. The molecule has 102 valence electrons. The molecule has 2 aromatic rings. The number of hydrogen-bond donors (Lipinski definition) is 1. The molecule has 0 spiro atoms. The number of nitrogens with zero attached hydrogens (tertiary/aromatic N) is 1. The van der Waals surface area contributed by atoms with Gasteiger partial charge in [-0.15, -0.1) is 0 Å². The van der Waals surface area contributed by atoms with Crippen LogP contribution < -0.4 is 10.1 Å². The Morgan fingerprint density at radius 2 is 2.05 bits per heavy atom. The molecule has 19 heavy (non-hydrogen) atoms. The van der Waals surface area contributed by atoms with Gasteiger partial charge >= 0.3 is 0 Å². The molecule has 0 saturated heterocycles. The monoisotopic (exact) mass is 260 g/mol. The summed E-state index contributed by atoms with van der Waals surface area (Å²) < 4.78 is 11.2. The molecule has 2 rings (SSSR count). The zero-order chi connectivity index (χ0) is 14.0. The van der Waals surface area contributed by atoms with Crippen molar-refractivity contribution < 1.29 is 9.15 Å². The minimum absolute atomic E-state index is 0.464. The molecule has 0 unspecified atom stereocenters. The van der Waals surface area contributed by atoms with Crippen LogP contribution in [0.25, 0.3) is 11.3 Å². The van der Waals surface area contributed by atoms with Gasteiger partial charge in [0.05, 0.1) is 18.4 Å². The molecule has 0 aliphatic rings. The summed E-state index contributed by atoms with van der Waals surface area (Å²) >= 11 is 0. The number of oxazole rings is 1. The van der Waals surface area contributed by atoms with E-state index in [1.807, 2.05) is 13.0 Å². The van der Waals surface area contributed by atoms with Gasteiger partial charge in [-0.3, -0.25) is 0 Å². The van der Waals surface area contributed by atoms with Crippen LogP contribution in [0.15, 0.2) is 22.6 Å². The van der Waals surface area contributed by atoms with Gasteiger partial charge in [0.15, 0.2) is 5.76 Å². The Morgan fingerprint density at radius 3 is 2.58 bits per heavy atom. The van der Waals surface area contributed by atoms with E-state index in [-0.39, 0.29) is 0 Å². The predicted octanol–water partition coefficient (Wildman–Crippen LogP) is 3.82. The topological polar surface area (TPSA) is 47.3 Å². The van der Waals surface area contributed by atoms with Crippen molar-refractivity contribution in [1.82, 2.24) is 4.98 Å². The Labute approximate surface area is 113 Å². The fourth-order valence-corrected chi connectivity index (χ4v) is 2.01. The molecule has 0 amide bonds. The van der Waals surface area contributed by atoms with Gasteiger partial charge in [-0.1, -0.05) is 19.9 Å². The van der Waals surface area contributed by atoms with Crippen molar-refractivity contribution in [2.75, 3.05) is 19.5 Å². The first-order chi connectivity index (χ1) is 9.06. The Hall–Kier alpha value is -1.97. The number of benzene rings is 1. The molecule has 1 aromatic heterocycles. The maximum atomic E-state index is 5.69. The van der Waals surface area contributed by atoms with Crippen LogP contribution in [0.3, 0.4) is 0 Å². The van der Waals surface area contributed by atoms with Crippen LogP contribution in [0, 0.1) is 6.92 Å². The van der Waals surface area contributed by atoms with Crippen molar-refractivity contribution in [3.8, 4) is 17.1 Å². The molecule has 0 atom stereocenters. The maximum absolute atomic E-state index is 5.69. The minimum atomic E-state index is 0.464. The average Bonchev–Trinajstić information content (AvgIpc) is 2.79. The highest BCUT2D eigenvalue weighted by Gasteiger charge is 2.16. The summed E-state index contributed by atoms with van der Waals surface area (Å²) in [6.07, 6.45) is 0. The molecule has 0 bridgehead atoms. The van der Waals surface area contributed by atoms with E-state index in [0.29, 0.717) is 11.9 Å². The lowest BCUT2D eigenvalue weighted by molar-refractivity contribution is 0.414. The van der Waals surface area contributed by atoms with Gasteiger partial charge in [0, 0.05) is 7.05 Å². The van der Waals surface area contributed by atoms with Crippen molar-refractivity contribution in [3.63, 3.8) is 0 Å². The molecule has 0 fully saturated rings. The van der Waals surface area contributed by atoms with E-state index in [0.717, 1.165) is 22.8 Å². The molecule has 4 heteroatoms. The highest BCUT2D eigenvalue weighted by atomic mass is 16.5. The molecule has 4 nitrogen and oxygen atoms in total. The second kappa shape index (κ2) is 5.34. The van der Waals surface area contributed by atoms with Gasteiger partial charge < -0.3 is 14.5 Å². The maximum Gasteiger partial charge on any atom is 0.295 e. The summed E-state index contributed by atoms with van der Waals surface area (Å²) in [6, 6.07) is 6.70. The van der Waals surface area contributed by atoms with Crippen LogP contribution >= 0.6 is 0 Å². The molecule has 0 aliphatic carbocycles. The first-order valence-electron chi connectivity index (χ1n) is 6.40. The zero-order valence-corrected chi connectivity index (χ0v) is 12.1. The van der Waals surface area contributed by atoms with Crippen molar-refractivity contribution in [2.45, 2.75) is 26.7 Å². The van der Waals surface area contributed by atoms with E-state index < -0.39 is 0 Å². The van der Waals surface area contributed by atoms with Gasteiger partial charge in [0.25, 0.3) is 6.01 Å². The van der Waals surface area contributed by atoms with E-state index in [1.54, 1.807) is 14.2 Å². The molecule has 1 N–H and O–H groups in total. The summed E-state index contributed by atoms with van der Waals surface area (Å²) in [5.41, 5.74) is 3.02. The summed E-state index contributed by atoms with van der Waals surface area (Å²) in [7, 11) is 3.46. The van der Waals surface area contributed by atoms with Gasteiger partial charge in [-0.25, -0.2) is 0 Å². The van der Waals surface area contributed by atoms with Crippen LogP contribution in [-0.2, 0) is 0 Å². The first-order valence-corrected chi connectivity index (χ1v) is 6.40. The smallest absolute Gasteiger partial charge is 0.295 e. The number of hydrogen-bond acceptors (Lipinski definition) is 4. The van der Waals surface area contributed by atoms with Crippen LogP contribution in [0.1, 0.15) is 31.0 Å². The van der Waals surface area contributed by atoms with Gasteiger partial charge in [-0.05, 0) is 30.5 Å². The molecular formula is C15H20N2O2. The lowest BCUT2D eigenvalue weighted by Gasteiger charge is -2.11. The van der Waals surface area contributed by atoms with Gasteiger partial charge in [-0.2, -0.15) is 4.98 Å². The van der Waals surface area contributed by atoms with Gasteiger partial charge in [0.1, 0.15) is 5.75 Å². The third-order valence-electron chi connectivity index (χ3n) is 3.15. The van der Waals surface area contributed by atoms with E-state index >= 15 is 0 Å². The molecular weight excluding hydrogens is 240 g/mol. The summed E-state index contributed by atoms with van der Waals surface area (Å²) in [4.78, 5) is 4.31. The minimum Gasteiger partial charge on any atom is -0.496 e. The summed E-state index contributed by atoms with van der Waals surface area (Å²) in [5.74, 6) is 2.02. The number of ether oxygens (including phenoxy) is 1. The Bertz CT molecular complexity index is 574. The standard InChI is InChI=1S/C15H20N2O2/c1-9(2)11-6-7-12(13(8-11)18-5)14-10(3)17-15(16-4)19-14/h6-9H,1-5H3,(H,16,17). The van der Waals surface area contributed by atoms with E-state index in [1.165, 1.54) is 5.56 Å². The second-order valence-corrected chi connectivity index (χ2v) is 4.80. The van der Waals surface area contributed by atoms with Crippen molar-refractivity contribution in [2.24, 2.45) is 0 Å². The summed E-state index contributed by atoms with van der Waals surface area (Å²) in [6.45, 7) is 6.25. The number of anilines is 1. The normalized spacial score (nSPS) is 10.8. The fourth-order valence-electron chi connectivity index (χ4n) is 2.01. The lowest BCUT2D eigenvalue weighted by Crippen LogP contribution is -1.93.